The molecular formula is C29H35N5O8. The summed E-state index contributed by atoms with van der Waals surface area (Å²) in [7, 11) is 3.10. The van der Waals surface area contributed by atoms with E-state index in [0.29, 0.717) is 34.8 Å². The number of carbonyl (C=O) groups is 4. The number of hydrogen-bond donors (Lipinski definition) is 4. The molecule has 13 heteroatoms. The zero-order valence-corrected chi connectivity index (χ0v) is 23.7. The Bertz CT molecular complexity index is 1350. The van der Waals surface area contributed by atoms with Crippen LogP contribution in [0, 0.1) is 6.92 Å². The average molecular weight is 582 g/mol. The monoisotopic (exact) mass is 581 g/mol. The van der Waals surface area contributed by atoms with Gasteiger partial charge in [0.2, 0.25) is 5.91 Å². The first-order chi connectivity index (χ1) is 20.1. The molecule has 4 amide bonds. The molecule has 4 N–H and O–H groups in total. The molecule has 13 nitrogen and oxygen atoms in total. The van der Waals surface area contributed by atoms with Crippen molar-refractivity contribution in [2.24, 2.45) is 5.16 Å². The van der Waals surface area contributed by atoms with Crippen LogP contribution in [0.2, 0.25) is 0 Å². The zero-order chi connectivity index (χ0) is 30.6. The lowest BCUT2D eigenvalue weighted by Gasteiger charge is -2.18. The lowest BCUT2D eigenvalue weighted by Crippen LogP contribution is -2.43. The van der Waals surface area contributed by atoms with Crippen molar-refractivity contribution < 1.29 is 38.6 Å². The number of oxime groups is 1. The fourth-order valence-corrected chi connectivity index (χ4v) is 4.12. The van der Waals surface area contributed by atoms with E-state index in [0.717, 1.165) is 5.56 Å². The number of anilines is 2. The summed E-state index contributed by atoms with van der Waals surface area (Å²) < 4.78 is 10.2. The SMILES string of the molecule is C=CCOC(=O)NC(CC1CC(CN(C)C(=O)Cc2ccc(NC(=O)Nc3ccccc3C)c(OC)c2)=NO1)C(=O)O. The number of ether oxygens (including phenoxy) is 2. The van der Waals surface area contributed by atoms with E-state index in [1.807, 2.05) is 25.1 Å². The summed E-state index contributed by atoms with van der Waals surface area (Å²) in [6.45, 7) is 5.45. The molecule has 2 atom stereocenters. The molecule has 42 heavy (non-hydrogen) atoms. The first-order valence-electron chi connectivity index (χ1n) is 13.1. The number of nitrogens with one attached hydrogen (secondary N) is 3. The molecule has 0 aromatic heterocycles. The van der Waals surface area contributed by atoms with Gasteiger partial charge < -0.3 is 40.3 Å². The number of rotatable bonds is 13. The highest BCUT2D eigenvalue weighted by Gasteiger charge is 2.30. The summed E-state index contributed by atoms with van der Waals surface area (Å²) in [5.74, 6) is -1.04. The predicted octanol–water partition coefficient (Wildman–Crippen LogP) is 3.55. The van der Waals surface area contributed by atoms with Gasteiger partial charge in [0.05, 0.1) is 31.5 Å². The predicted molar refractivity (Wildman–Crippen MR) is 156 cm³/mol. The van der Waals surface area contributed by atoms with Crippen molar-refractivity contribution in [1.82, 2.24) is 10.2 Å². The lowest BCUT2D eigenvalue weighted by atomic mass is 10.0. The summed E-state index contributed by atoms with van der Waals surface area (Å²) in [5.41, 5.74) is 3.29. The number of carboxylic acids is 1. The molecule has 2 aromatic rings. The van der Waals surface area contributed by atoms with Crippen molar-refractivity contribution in [1.29, 1.82) is 0 Å². The van der Waals surface area contributed by atoms with Gasteiger partial charge >= 0.3 is 18.1 Å². The number of methoxy groups -OCH3 is 1. The Morgan fingerprint density at radius 3 is 2.62 bits per heavy atom. The Balaban J connectivity index is 1.50. The van der Waals surface area contributed by atoms with Crippen LogP contribution in [-0.4, -0.2) is 79.2 Å². The van der Waals surface area contributed by atoms with Gasteiger partial charge in [-0.1, -0.05) is 42.1 Å². The molecule has 2 aromatic carbocycles. The number of urea groups is 1. The third kappa shape index (κ3) is 9.25. The number of nitrogens with zero attached hydrogens (tertiary/aromatic N) is 2. The molecule has 1 aliphatic rings. The number of amides is 4. The summed E-state index contributed by atoms with van der Waals surface area (Å²) in [6, 6.07) is 10.8. The minimum atomic E-state index is -1.24. The number of aliphatic carboxylic acids is 1. The van der Waals surface area contributed by atoms with Crippen LogP contribution >= 0.6 is 0 Å². The number of likely N-dealkylation sites (N-methyl/N-ethyl adjacent to an activating group) is 1. The Kier molecular flexibility index (Phi) is 11.3. The average Bonchev–Trinajstić information content (AvgIpc) is 3.39. The molecule has 0 saturated carbocycles. The molecule has 0 saturated heterocycles. The lowest BCUT2D eigenvalue weighted by molar-refractivity contribution is -0.140. The number of alkyl carbamates (subject to hydrolysis) is 1. The third-order valence-electron chi connectivity index (χ3n) is 6.32. The molecule has 0 aliphatic carbocycles. The standard InChI is InChI=1S/C29H35N5O8/c1-5-12-41-29(39)32-24(27(36)37)16-21-15-20(33-42-21)17-34(3)26(35)14-19-10-11-23(25(13-19)40-4)31-28(38)30-22-9-7-6-8-18(22)2/h5-11,13,21,24H,1,12,14-17H2,2-4H3,(H,32,39)(H,36,37)(H2,30,31,38). The molecule has 3 rings (SSSR count). The first-order valence-corrected chi connectivity index (χ1v) is 13.1. The highest BCUT2D eigenvalue weighted by molar-refractivity contribution is 6.01. The minimum absolute atomic E-state index is 0.0354. The first kappa shape index (κ1) is 31.5. The van der Waals surface area contributed by atoms with Gasteiger partial charge in [-0.05, 0) is 36.2 Å². The van der Waals surface area contributed by atoms with E-state index in [9.17, 15) is 24.3 Å². The van der Waals surface area contributed by atoms with E-state index in [1.165, 1.54) is 18.1 Å². The van der Waals surface area contributed by atoms with Crippen LogP contribution in [0.25, 0.3) is 0 Å². The fourth-order valence-electron chi connectivity index (χ4n) is 4.12. The van der Waals surface area contributed by atoms with Gasteiger partial charge in [0.1, 0.15) is 24.5 Å². The van der Waals surface area contributed by atoms with E-state index in [2.05, 4.69) is 27.7 Å². The summed E-state index contributed by atoms with van der Waals surface area (Å²) in [5, 5.41) is 21.3. The summed E-state index contributed by atoms with van der Waals surface area (Å²) >= 11 is 0. The van der Waals surface area contributed by atoms with Crippen molar-refractivity contribution in [2.75, 3.05) is 37.9 Å². The Morgan fingerprint density at radius 2 is 1.93 bits per heavy atom. The van der Waals surface area contributed by atoms with E-state index in [-0.39, 0.29) is 31.9 Å². The maximum absolute atomic E-state index is 12.9. The second kappa shape index (κ2) is 15.1. The number of carboxylic acid groups (broad SMARTS) is 1. The molecule has 1 heterocycles. The van der Waals surface area contributed by atoms with Crippen LogP contribution in [-0.2, 0) is 25.6 Å². The maximum Gasteiger partial charge on any atom is 0.408 e. The normalized spacial score (nSPS) is 14.5. The summed E-state index contributed by atoms with van der Waals surface area (Å²) in [4.78, 5) is 55.5. The van der Waals surface area contributed by atoms with E-state index in [4.69, 9.17) is 14.3 Å². The second-order valence-electron chi connectivity index (χ2n) is 9.60. The Labute approximate surface area is 243 Å². The molecule has 0 spiro atoms. The fraction of sp³-hybridized carbons (Fsp3) is 0.345. The van der Waals surface area contributed by atoms with Crippen LogP contribution in [0.1, 0.15) is 24.0 Å². The van der Waals surface area contributed by atoms with Gasteiger partial charge in [-0.15, -0.1) is 0 Å². The van der Waals surface area contributed by atoms with Crippen molar-refractivity contribution in [3.05, 3.63) is 66.2 Å². The van der Waals surface area contributed by atoms with Crippen molar-refractivity contribution >= 4 is 41.1 Å². The summed E-state index contributed by atoms with van der Waals surface area (Å²) in [6.07, 6.45) is 0.230. The van der Waals surface area contributed by atoms with Crippen LogP contribution in [0.4, 0.5) is 21.0 Å². The second-order valence-corrected chi connectivity index (χ2v) is 9.60. The number of benzene rings is 2. The van der Waals surface area contributed by atoms with E-state index >= 15 is 0 Å². The zero-order valence-electron chi connectivity index (χ0n) is 23.7. The Morgan fingerprint density at radius 1 is 1.19 bits per heavy atom. The van der Waals surface area contributed by atoms with Gasteiger partial charge in [0.15, 0.2) is 0 Å². The number of hydrogen-bond acceptors (Lipinski definition) is 8. The maximum atomic E-state index is 12.9. The minimum Gasteiger partial charge on any atom is -0.495 e. The Hall–Kier alpha value is -5.07. The molecular weight excluding hydrogens is 546 g/mol. The number of aryl methyl sites for hydroxylation is 1. The van der Waals surface area contributed by atoms with Gasteiger partial charge in [-0.2, -0.15) is 0 Å². The smallest absolute Gasteiger partial charge is 0.408 e. The quantitative estimate of drug-likeness (QED) is 0.261. The molecule has 0 fully saturated rings. The van der Waals surface area contributed by atoms with Crippen molar-refractivity contribution in [3.8, 4) is 5.75 Å². The molecule has 0 radical (unpaired) electrons. The van der Waals surface area contributed by atoms with Crippen LogP contribution in [0.15, 0.2) is 60.3 Å². The van der Waals surface area contributed by atoms with Gasteiger partial charge in [-0.3, -0.25) is 4.79 Å². The highest BCUT2D eigenvalue weighted by atomic mass is 16.6. The van der Waals surface area contributed by atoms with Crippen molar-refractivity contribution in [2.45, 2.75) is 38.3 Å². The topological polar surface area (TPSA) is 168 Å². The largest absolute Gasteiger partial charge is 0.495 e. The van der Waals surface area contributed by atoms with Crippen molar-refractivity contribution in [3.63, 3.8) is 0 Å². The van der Waals surface area contributed by atoms with Crippen LogP contribution < -0.4 is 20.7 Å². The number of carbonyl (C=O) groups excluding carboxylic acids is 3. The van der Waals surface area contributed by atoms with Gasteiger partial charge in [0.25, 0.3) is 0 Å². The van der Waals surface area contributed by atoms with E-state index < -0.39 is 30.2 Å². The van der Waals surface area contributed by atoms with E-state index in [1.54, 1.807) is 31.3 Å². The van der Waals surface area contributed by atoms with Gasteiger partial charge in [0, 0.05) is 25.6 Å². The van der Waals surface area contributed by atoms with Crippen LogP contribution in [0.5, 0.6) is 5.75 Å². The van der Waals surface area contributed by atoms with Crippen LogP contribution in [0.3, 0.4) is 0 Å². The number of para-hydroxylation sites is 1. The van der Waals surface area contributed by atoms with Gasteiger partial charge in [-0.25, -0.2) is 14.4 Å². The molecule has 224 valence electrons. The third-order valence-corrected chi connectivity index (χ3v) is 6.32. The molecule has 2 unspecified atom stereocenters. The molecule has 1 aliphatic heterocycles. The highest BCUT2D eigenvalue weighted by Crippen LogP contribution is 2.27. The molecule has 0 bridgehead atoms.